The van der Waals surface area contributed by atoms with Gasteiger partial charge in [-0.1, -0.05) is 26.0 Å². The highest BCUT2D eigenvalue weighted by atomic mass is 19.1. The fourth-order valence-corrected chi connectivity index (χ4v) is 1.51. The van der Waals surface area contributed by atoms with Gasteiger partial charge in [0.1, 0.15) is 0 Å². The van der Waals surface area contributed by atoms with Gasteiger partial charge in [0.2, 0.25) is 0 Å². The van der Waals surface area contributed by atoms with Crippen LogP contribution in [0.25, 0.3) is 0 Å². The van der Waals surface area contributed by atoms with Crippen LogP contribution in [0.2, 0.25) is 0 Å². The molecule has 0 saturated heterocycles. The number of methoxy groups -OCH3 is 1. The SMILES string of the molecule is COc1c(F)cccc1[C@@H](N)C(C)(C)CO. The summed E-state index contributed by atoms with van der Waals surface area (Å²) in [6, 6.07) is 4.13. The maximum atomic E-state index is 13.5. The number of aliphatic hydroxyl groups excluding tert-OH is 1. The van der Waals surface area contributed by atoms with Crippen molar-refractivity contribution in [3.05, 3.63) is 29.6 Å². The molecule has 0 spiro atoms. The van der Waals surface area contributed by atoms with Crippen LogP contribution in [-0.2, 0) is 0 Å². The van der Waals surface area contributed by atoms with E-state index in [0.717, 1.165) is 0 Å². The van der Waals surface area contributed by atoms with Crippen molar-refractivity contribution < 1.29 is 14.2 Å². The van der Waals surface area contributed by atoms with Gasteiger partial charge in [0.25, 0.3) is 0 Å². The molecule has 1 aromatic carbocycles. The van der Waals surface area contributed by atoms with Crippen LogP contribution >= 0.6 is 0 Å². The number of ether oxygens (including phenoxy) is 1. The molecule has 0 fully saturated rings. The molecule has 0 saturated carbocycles. The summed E-state index contributed by atoms with van der Waals surface area (Å²) in [5.41, 5.74) is 6.07. The van der Waals surface area contributed by atoms with E-state index < -0.39 is 17.3 Å². The summed E-state index contributed by atoms with van der Waals surface area (Å²) in [5, 5.41) is 9.24. The van der Waals surface area contributed by atoms with Crippen LogP contribution in [0.5, 0.6) is 5.75 Å². The molecule has 3 N–H and O–H groups in total. The third-order valence-electron chi connectivity index (χ3n) is 2.79. The molecule has 0 heterocycles. The number of hydrogen-bond acceptors (Lipinski definition) is 3. The first-order valence-electron chi connectivity index (χ1n) is 5.13. The summed E-state index contributed by atoms with van der Waals surface area (Å²) >= 11 is 0. The highest BCUT2D eigenvalue weighted by Gasteiger charge is 2.29. The van der Waals surface area contributed by atoms with Crippen molar-refractivity contribution in [3.63, 3.8) is 0 Å². The number of rotatable bonds is 4. The molecule has 16 heavy (non-hydrogen) atoms. The molecule has 0 radical (unpaired) electrons. The van der Waals surface area contributed by atoms with Crippen LogP contribution in [0.1, 0.15) is 25.5 Å². The highest BCUT2D eigenvalue weighted by Crippen LogP contribution is 2.36. The summed E-state index contributed by atoms with van der Waals surface area (Å²) in [6.07, 6.45) is 0. The molecular weight excluding hydrogens is 209 g/mol. The van der Waals surface area contributed by atoms with Crippen molar-refractivity contribution in [1.29, 1.82) is 0 Å². The number of nitrogens with two attached hydrogens (primary N) is 1. The summed E-state index contributed by atoms with van der Waals surface area (Å²) in [5.74, 6) is -0.291. The van der Waals surface area contributed by atoms with Gasteiger partial charge in [0.15, 0.2) is 11.6 Å². The molecular formula is C12H18FNO2. The normalized spacial score (nSPS) is 13.6. The lowest BCUT2D eigenvalue weighted by Gasteiger charge is -2.30. The van der Waals surface area contributed by atoms with E-state index in [1.165, 1.54) is 13.2 Å². The Balaban J connectivity index is 3.18. The van der Waals surface area contributed by atoms with E-state index in [2.05, 4.69) is 0 Å². The Bertz CT molecular complexity index is 366. The number of para-hydroxylation sites is 1. The number of hydrogen-bond donors (Lipinski definition) is 2. The predicted octanol–water partition coefficient (Wildman–Crippen LogP) is 1.85. The van der Waals surface area contributed by atoms with E-state index in [4.69, 9.17) is 10.5 Å². The van der Waals surface area contributed by atoms with Gasteiger partial charge >= 0.3 is 0 Å². The maximum absolute atomic E-state index is 13.5. The molecule has 3 nitrogen and oxygen atoms in total. The molecule has 0 amide bonds. The third-order valence-corrected chi connectivity index (χ3v) is 2.79. The van der Waals surface area contributed by atoms with Gasteiger partial charge in [-0.05, 0) is 6.07 Å². The van der Waals surface area contributed by atoms with Crippen molar-refractivity contribution in [2.45, 2.75) is 19.9 Å². The van der Waals surface area contributed by atoms with Crippen molar-refractivity contribution in [1.82, 2.24) is 0 Å². The van der Waals surface area contributed by atoms with Crippen molar-refractivity contribution in [2.75, 3.05) is 13.7 Å². The Hall–Kier alpha value is -1.13. The van der Waals surface area contributed by atoms with Gasteiger partial charge in [-0.15, -0.1) is 0 Å². The summed E-state index contributed by atoms with van der Waals surface area (Å²) in [6.45, 7) is 3.57. The zero-order chi connectivity index (χ0) is 12.3. The van der Waals surface area contributed by atoms with Gasteiger partial charge < -0.3 is 15.6 Å². The minimum atomic E-state index is -0.527. The Morgan fingerprint density at radius 1 is 1.50 bits per heavy atom. The molecule has 1 rings (SSSR count). The lowest BCUT2D eigenvalue weighted by atomic mass is 9.81. The zero-order valence-electron chi connectivity index (χ0n) is 9.83. The largest absolute Gasteiger partial charge is 0.493 e. The van der Waals surface area contributed by atoms with Crippen LogP contribution in [-0.4, -0.2) is 18.8 Å². The van der Waals surface area contributed by atoms with E-state index in [9.17, 15) is 9.50 Å². The van der Waals surface area contributed by atoms with Gasteiger partial charge in [0, 0.05) is 23.6 Å². The minimum Gasteiger partial charge on any atom is -0.493 e. The first-order chi connectivity index (χ1) is 7.44. The lowest BCUT2D eigenvalue weighted by molar-refractivity contribution is 0.131. The van der Waals surface area contributed by atoms with Crippen molar-refractivity contribution in [3.8, 4) is 5.75 Å². The third kappa shape index (κ3) is 2.33. The zero-order valence-corrected chi connectivity index (χ0v) is 9.83. The molecule has 0 unspecified atom stereocenters. The smallest absolute Gasteiger partial charge is 0.165 e. The van der Waals surface area contributed by atoms with Crippen LogP contribution in [0.15, 0.2) is 18.2 Å². The van der Waals surface area contributed by atoms with E-state index in [0.29, 0.717) is 5.56 Å². The highest BCUT2D eigenvalue weighted by molar-refractivity contribution is 5.38. The monoisotopic (exact) mass is 227 g/mol. The van der Waals surface area contributed by atoms with E-state index in [1.807, 2.05) is 13.8 Å². The Morgan fingerprint density at radius 3 is 2.62 bits per heavy atom. The predicted molar refractivity (Wildman–Crippen MR) is 60.7 cm³/mol. The molecule has 0 aliphatic carbocycles. The minimum absolute atomic E-state index is 0.0756. The Morgan fingerprint density at radius 2 is 2.12 bits per heavy atom. The van der Waals surface area contributed by atoms with Gasteiger partial charge in [-0.2, -0.15) is 0 Å². The molecule has 0 aliphatic rings. The van der Waals surface area contributed by atoms with Crippen LogP contribution in [0.4, 0.5) is 4.39 Å². The lowest BCUT2D eigenvalue weighted by Crippen LogP contribution is -2.32. The number of aliphatic hydroxyl groups is 1. The van der Waals surface area contributed by atoms with E-state index >= 15 is 0 Å². The van der Waals surface area contributed by atoms with Crippen LogP contribution in [0, 0.1) is 11.2 Å². The average molecular weight is 227 g/mol. The summed E-state index contributed by atoms with van der Waals surface area (Å²) in [4.78, 5) is 0. The second kappa shape index (κ2) is 4.80. The quantitative estimate of drug-likeness (QED) is 0.825. The standard InChI is InChI=1S/C12H18FNO2/c1-12(2,7-15)11(14)8-5-4-6-9(13)10(8)16-3/h4-6,11,15H,7,14H2,1-3H3/t11-/m1/s1. The first kappa shape index (κ1) is 12.9. The maximum Gasteiger partial charge on any atom is 0.165 e. The fourth-order valence-electron chi connectivity index (χ4n) is 1.51. The second-order valence-corrected chi connectivity index (χ2v) is 4.49. The van der Waals surface area contributed by atoms with E-state index in [-0.39, 0.29) is 12.4 Å². The molecule has 4 heteroatoms. The second-order valence-electron chi connectivity index (χ2n) is 4.49. The van der Waals surface area contributed by atoms with Crippen LogP contribution in [0.3, 0.4) is 0 Å². The molecule has 90 valence electrons. The Labute approximate surface area is 95.0 Å². The molecule has 0 bridgehead atoms. The van der Waals surface area contributed by atoms with Crippen molar-refractivity contribution >= 4 is 0 Å². The first-order valence-corrected chi connectivity index (χ1v) is 5.13. The molecule has 1 aromatic rings. The molecule has 0 aromatic heterocycles. The van der Waals surface area contributed by atoms with Gasteiger partial charge in [0.05, 0.1) is 7.11 Å². The summed E-state index contributed by atoms with van der Waals surface area (Å²) in [7, 11) is 1.40. The molecule has 1 atom stereocenters. The molecule has 0 aliphatic heterocycles. The summed E-state index contributed by atoms with van der Waals surface area (Å²) < 4.78 is 18.5. The number of benzene rings is 1. The van der Waals surface area contributed by atoms with Gasteiger partial charge in [-0.3, -0.25) is 0 Å². The van der Waals surface area contributed by atoms with Gasteiger partial charge in [-0.25, -0.2) is 4.39 Å². The van der Waals surface area contributed by atoms with Crippen LogP contribution < -0.4 is 10.5 Å². The number of halogens is 1. The Kier molecular flexibility index (Phi) is 3.88. The topological polar surface area (TPSA) is 55.5 Å². The van der Waals surface area contributed by atoms with Crippen molar-refractivity contribution in [2.24, 2.45) is 11.1 Å². The average Bonchev–Trinajstić information content (AvgIpc) is 2.27. The van der Waals surface area contributed by atoms with E-state index in [1.54, 1.807) is 12.1 Å². The fraction of sp³-hybridized carbons (Fsp3) is 0.500.